The maximum absolute atomic E-state index is 12.6. The molecule has 0 fully saturated rings. The number of benzene rings is 1. The Bertz CT molecular complexity index is 271. The van der Waals surface area contributed by atoms with Crippen molar-refractivity contribution in [2.45, 2.75) is 19.6 Å². The van der Waals surface area contributed by atoms with Crippen LogP contribution in [-0.4, -0.2) is 10.2 Å². The summed E-state index contributed by atoms with van der Waals surface area (Å²) in [7, 11) is 0. The van der Waals surface area contributed by atoms with E-state index in [-0.39, 0.29) is 6.61 Å². The second-order valence-corrected chi connectivity index (χ2v) is 2.68. The summed E-state index contributed by atoms with van der Waals surface area (Å²) < 4.78 is 12.6. The van der Waals surface area contributed by atoms with Crippen molar-refractivity contribution in [1.29, 1.82) is 0 Å². The molecule has 0 saturated carbocycles. The minimum atomic E-state index is -0.673. The van der Waals surface area contributed by atoms with Gasteiger partial charge in [0.15, 0.2) is 0 Å². The second-order valence-electron chi connectivity index (χ2n) is 2.68. The predicted molar refractivity (Wildman–Crippen MR) is 43.0 cm³/mol. The normalized spacial score (nSPS) is 13.0. The fourth-order valence-corrected chi connectivity index (χ4v) is 1.12. The van der Waals surface area contributed by atoms with E-state index in [1.54, 1.807) is 6.92 Å². The molecule has 66 valence electrons. The highest BCUT2D eigenvalue weighted by molar-refractivity contribution is 5.28. The Hall–Kier alpha value is -0.930. The Morgan fingerprint density at radius 2 is 2.17 bits per heavy atom. The van der Waals surface area contributed by atoms with E-state index in [1.807, 2.05) is 0 Å². The molecule has 0 saturated heterocycles. The van der Waals surface area contributed by atoms with Gasteiger partial charge >= 0.3 is 0 Å². The molecule has 0 aliphatic carbocycles. The first-order valence-corrected chi connectivity index (χ1v) is 3.72. The number of hydrogen-bond donors (Lipinski definition) is 2. The summed E-state index contributed by atoms with van der Waals surface area (Å²) in [4.78, 5) is 0. The average Bonchev–Trinajstić information content (AvgIpc) is 2.03. The van der Waals surface area contributed by atoms with E-state index in [9.17, 15) is 9.50 Å². The quantitative estimate of drug-likeness (QED) is 0.703. The van der Waals surface area contributed by atoms with E-state index >= 15 is 0 Å². The summed E-state index contributed by atoms with van der Waals surface area (Å²) in [5.74, 6) is -0.400. The van der Waals surface area contributed by atoms with Crippen molar-refractivity contribution >= 4 is 0 Å². The van der Waals surface area contributed by atoms with Crippen LogP contribution >= 0.6 is 0 Å². The van der Waals surface area contributed by atoms with E-state index in [0.717, 1.165) is 0 Å². The zero-order valence-corrected chi connectivity index (χ0v) is 6.79. The van der Waals surface area contributed by atoms with Gasteiger partial charge in [-0.1, -0.05) is 6.07 Å². The summed E-state index contributed by atoms with van der Waals surface area (Å²) >= 11 is 0. The van der Waals surface area contributed by atoms with Crippen molar-refractivity contribution in [3.63, 3.8) is 0 Å². The standard InChI is InChI=1S/C9H11FO2/c1-6(12)9-3-2-8(10)4-7(9)5-11/h2-4,6,11-12H,5H2,1H3/t6-/m1/s1. The molecule has 1 aromatic rings. The second kappa shape index (κ2) is 3.65. The van der Waals surface area contributed by atoms with Crippen molar-refractivity contribution < 1.29 is 14.6 Å². The van der Waals surface area contributed by atoms with Crippen LogP contribution < -0.4 is 0 Å². The molecule has 0 radical (unpaired) electrons. The molecule has 12 heavy (non-hydrogen) atoms. The molecule has 1 atom stereocenters. The third-order valence-corrected chi connectivity index (χ3v) is 1.73. The Labute approximate surface area is 70.3 Å². The molecule has 0 amide bonds. The molecule has 1 aromatic carbocycles. The van der Waals surface area contributed by atoms with Crippen LogP contribution in [0.3, 0.4) is 0 Å². The molecule has 2 nitrogen and oxygen atoms in total. The Morgan fingerprint density at radius 3 is 2.67 bits per heavy atom. The van der Waals surface area contributed by atoms with Crippen LogP contribution in [-0.2, 0) is 6.61 Å². The van der Waals surface area contributed by atoms with Crippen LogP contribution in [0.25, 0.3) is 0 Å². The molecule has 0 heterocycles. The molecule has 0 unspecified atom stereocenters. The van der Waals surface area contributed by atoms with Crippen molar-refractivity contribution in [2.24, 2.45) is 0 Å². The molecular weight excluding hydrogens is 159 g/mol. The lowest BCUT2D eigenvalue weighted by Gasteiger charge is -2.09. The largest absolute Gasteiger partial charge is 0.392 e. The number of hydrogen-bond acceptors (Lipinski definition) is 2. The van der Waals surface area contributed by atoms with E-state index in [2.05, 4.69) is 0 Å². The van der Waals surface area contributed by atoms with Gasteiger partial charge in [-0.15, -0.1) is 0 Å². The van der Waals surface area contributed by atoms with Gasteiger partial charge in [-0.25, -0.2) is 4.39 Å². The number of aliphatic hydroxyl groups is 2. The molecule has 0 aliphatic rings. The minimum absolute atomic E-state index is 0.252. The predicted octanol–water partition coefficient (Wildman–Crippen LogP) is 1.37. The van der Waals surface area contributed by atoms with Gasteiger partial charge in [-0.2, -0.15) is 0 Å². The van der Waals surface area contributed by atoms with Gasteiger partial charge in [-0.05, 0) is 30.2 Å². The number of rotatable bonds is 2. The molecule has 0 spiro atoms. The summed E-state index contributed by atoms with van der Waals surface area (Å²) in [6.45, 7) is 1.32. The number of aliphatic hydroxyl groups excluding tert-OH is 2. The van der Waals surface area contributed by atoms with E-state index < -0.39 is 11.9 Å². The fraction of sp³-hybridized carbons (Fsp3) is 0.333. The molecule has 3 heteroatoms. The van der Waals surface area contributed by atoms with Gasteiger partial charge in [0, 0.05) is 0 Å². The van der Waals surface area contributed by atoms with Crippen molar-refractivity contribution in [1.82, 2.24) is 0 Å². The summed E-state index contributed by atoms with van der Waals surface area (Å²) in [6.07, 6.45) is -0.673. The fourth-order valence-electron chi connectivity index (χ4n) is 1.12. The van der Waals surface area contributed by atoms with Crippen LogP contribution in [0.2, 0.25) is 0 Å². The lowest BCUT2D eigenvalue weighted by Crippen LogP contribution is -1.98. The van der Waals surface area contributed by atoms with Gasteiger partial charge in [0.25, 0.3) is 0 Å². The first-order valence-electron chi connectivity index (χ1n) is 3.72. The van der Waals surface area contributed by atoms with Crippen LogP contribution in [0.15, 0.2) is 18.2 Å². The smallest absolute Gasteiger partial charge is 0.123 e. The van der Waals surface area contributed by atoms with Gasteiger partial charge in [0.1, 0.15) is 5.82 Å². The van der Waals surface area contributed by atoms with Crippen LogP contribution in [0.5, 0.6) is 0 Å². The highest BCUT2D eigenvalue weighted by atomic mass is 19.1. The lowest BCUT2D eigenvalue weighted by atomic mass is 10.0. The van der Waals surface area contributed by atoms with Crippen LogP contribution in [0.1, 0.15) is 24.2 Å². The zero-order chi connectivity index (χ0) is 9.14. The van der Waals surface area contributed by atoms with Crippen molar-refractivity contribution in [2.75, 3.05) is 0 Å². The topological polar surface area (TPSA) is 40.5 Å². The summed E-state index contributed by atoms with van der Waals surface area (Å²) in [5.41, 5.74) is 1.00. The lowest BCUT2D eigenvalue weighted by molar-refractivity contribution is 0.193. The maximum Gasteiger partial charge on any atom is 0.123 e. The summed E-state index contributed by atoms with van der Waals surface area (Å²) in [6, 6.07) is 3.97. The maximum atomic E-state index is 12.6. The molecule has 0 bridgehead atoms. The average molecular weight is 170 g/mol. The highest BCUT2D eigenvalue weighted by Crippen LogP contribution is 2.18. The molecule has 2 N–H and O–H groups in total. The Kier molecular flexibility index (Phi) is 2.78. The molecule has 0 aliphatic heterocycles. The molecule has 0 aromatic heterocycles. The Balaban J connectivity index is 3.11. The Morgan fingerprint density at radius 1 is 1.50 bits per heavy atom. The zero-order valence-electron chi connectivity index (χ0n) is 6.79. The third kappa shape index (κ3) is 1.81. The first kappa shape index (κ1) is 9.16. The van der Waals surface area contributed by atoms with E-state index in [1.165, 1.54) is 18.2 Å². The SMILES string of the molecule is C[C@@H](O)c1ccc(F)cc1CO. The van der Waals surface area contributed by atoms with Gasteiger partial charge in [-0.3, -0.25) is 0 Å². The van der Waals surface area contributed by atoms with E-state index in [4.69, 9.17) is 5.11 Å². The monoisotopic (exact) mass is 170 g/mol. The third-order valence-electron chi connectivity index (χ3n) is 1.73. The van der Waals surface area contributed by atoms with Gasteiger partial charge < -0.3 is 10.2 Å². The molecule has 1 rings (SSSR count). The van der Waals surface area contributed by atoms with Crippen molar-refractivity contribution in [3.8, 4) is 0 Å². The van der Waals surface area contributed by atoms with Crippen LogP contribution in [0.4, 0.5) is 4.39 Å². The number of halogens is 1. The summed E-state index contributed by atoms with van der Waals surface area (Å²) in [5, 5.41) is 18.0. The first-order chi connectivity index (χ1) is 5.65. The van der Waals surface area contributed by atoms with Gasteiger partial charge in [0.05, 0.1) is 12.7 Å². The van der Waals surface area contributed by atoms with Crippen molar-refractivity contribution in [3.05, 3.63) is 35.1 Å². The van der Waals surface area contributed by atoms with E-state index in [0.29, 0.717) is 11.1 Å². The molecular formula is C9H11FO2. The van der Waals surface area contributed by atoms with Crippen LogP contribution in [0, 0.1) is 5.82 Å². The minimum Gasteiger partial charge on any atom is -0.392 e. The highest BCUT2D eigenvalue weighted by Gasteiger charge is 2.07. The van der Waals surface area contributed by atoms with Gasteiger partial charge in [0.2, 0.25) is 0 Å².